The van der Waals surface area contributed by atoms with Crippen molar-refractivity contribution in [3.8, 4) is 0 Å². The van der Waals surface area contributed by atoms with Gasteiger partial charge < -0.3 is 9.74 Å². The van der Waals surface area contributed by atoms with E-state index in [2.05, 4.69) is 5.16 Å². The molecule has 0 aliphatic carbocycles. The first-order valence-electron chi connectivity index (χ1n) is 10.0. The van der Waals surface area contributed by atoms with Crippen LogP contribution in [0.3, 0.4) is 0 Å². The molecule has 1 saturated heterocycles. The van der Waals surface area contributed by atoms with Gasteiger partial charge in [-0.1, -0.05) is 52.6 Å². The highest BCUT2D eigenvalue weighted by molar-refractivity contribution is 6.42. The lowest BCUT2D eigenvalue weighted by molar-refractivity contribution is -0.276. The van der Waals surface area contributed by atoms with Crippen LogP contribution in [0.4, 0.5) is 30.7 Å². The van der Waals surface area contributed by atoms with Gasteiger partial charge in [-0.3, -0.25) is 4.79 Å². The smallest absolute Gasteiger partial charge is 0.374 e. The van der Waals surface area contributed by atoms with Crippen LogP contribution in [0.15, 0.2) is 41.6 Å². The van der Waals surface area contributed by atoms with E-state index in [0.29, 0.717) is 6.07 Å². The van der Waals surface area contributed by atoms with Crippen molar-refractivity contribution in [2.24, 2.45) is 5.16 Å². The number of benzene rings is 2. The van der Waals surface area contributed by atoms with Crippen molar-refractivity contribution in [3.05, 3.63) is 68.7 Å². The maximum Gasteiger partial charge on any atom is 0.435 e. The molecule has 1 atom stereocenters. The molecule has 2 aromatic carbocycles. The van der Waals surface area contributed by atoms with Crippen molar-refractivity contribution in [3.63, 3.8) is 0 Å². The Balaban J connectivity index is 1.64. The number of hydrogen-bond donors (Lipinski definition) is 0. The first-order valence-corrected chi connectivity index (χ1v) is 10.8. The third-order valence-corrected chi connectivity index (χ3v) is 6.85. The first kappa shape index (κ1) is 25.6. The second kappa shape index (κ2) is 8.26. The Bertz CT molecular complexity index is 1210. The molecule has 13 heteroatoms. The van der Waals surface area contributed by atoms with Crippen molar-refractivity contribution in [2.75, 3.05) is 13.1 Å². The molecule has 1 fully saturated rings. The third kappa shape index (κ3) is 4.33. The van der Waals surface area contributed by atoms with Crippen molar-refractivity contribution in [2.45, 2.75) is 37.0 Å². The minimum Gasteiger partial charge on any atom is -0.374 e. The summed E-state index contributed by atoms with van der Waals surface area (Å²) in [6.45, 7) is 1.00. The first-order chi connectivity index (χ1) is 16.1. The van der Waals surface area contributed by atoms with E-state index < -0.39 is 51.2 Å². The number of nitrogens with zero attached hydrogens (tertiary/aromatic N) is 2. The van der Waals surface area contributed by atoms with Crippen molar-refractivity contribution < 1.29 is 40.4 Å². The van der Waals surface area contributed by atoms with Gasteiger partial charge in [-0.05, 0) is 23.3 Å². The zero-order chi connectivity index (χ0) is 26.0. The summed E-state index contributed by atoms with van der Waals surface area (Å²) in [5.41, 5.74) is -7.32. The minimum atomic E-state index is -5.18. The van der Waals surface area contributed by atoms with Crippen LogP contribution in [0, 0.1) is 0 Å². The summed E-state index contributed by atoms with van der Waals surface area (Å²) in [5, 5.41) is 1.84. The van der Waals surface area contributed by atoms with Crippen LogP contribution < -0.4 is 0 Å². The molecule has 4 rings (SSSR count). The molecule has 2 aliphatic rings. The van der Waals surface area contributed by atoms with Gasteiger partial charge in [-0.2, -0.15) is 26.3 Å². The molecule has 2 aromatic rings. The molecule has 1 amide bonds. The van der Waals surface area contributed by atoms with Crippen LogP contribution in [0.1, 0.15) is 35.6 Å². The van der Waals surface area contributed by atoms with Gasteiger partial charge in [0.15, 0.2) is 5.67 Å². The Labute approximate surface area is 204 Å². The molecule has 35 heavy (non-hydrogen) atoms. The molecular formula is C22H15Cl2F7N2O2. The molecule has 4 nitrogen and oxygen atoms in total. The Hall–Kier alpha value is -2.53. The Kier molecular flexibility index (Phi) is 6.03. The summed E-state index contributed by atoms with van der Waals surface area (Å²) in [5.74, 6) is -0.285. The average Bonchev–Trinajstić information content (AvgIpc) is 3.19. The standard InChI is InChI=1S/C22H15Cl2F7N2O2/c1-11(34)33-9-19(25,10-33)13-4-2-12(3-5-13)17-8-20(35-32-17,22(29,30)31)14-6-15(21(26,27)28)18(24)16(23)7-14/h2-7H,8-10H2,1H3. The molecular weight excluding hydrogens is 528 g/mol. The monoisotopic (exact) mass is 542 g/mol. The van der Waals surface area contributed by atoms with Crippen LogP contribution in [0.2, 0.25) is 10.0 Å². The van der Waals surface area contributed by atoms with Crippen molar-refractivity contribution in [1.82, 2.24) is 4.90 Å². The minimum absolute atomic E-state index is 0.151. The van der Waals surface area contributed by atoms with Gasteiger partial charge in [0, 0.05) is 18.9 Å². The fourth-order valence-electron chi connectivity index (χ4n) is 4.01. The highest BCUT2D eigenvalue weighted by Crippen LogP contribution is 2.51. The summed E-state index contributed by atoms with van der Waals surface area (Å²) in [6, 6.07) is 6.27. The van der Waals surface area contributed by atoms with Gasteiger partial charge in [0.2, 0.25) is 5.91 Å². The predicted octanol–water partition coefficient (Wildman–Crippen LogP) is 6.62. The molecule has 1 unspecified atom stereocenters. The number of likely N-dealkylation sites (tertiary alicyclic amines) is 1. The molecule has 2 heterocycles. The van der Waals surface area contributed by atoms with Crippen molar-refractivity contribution >= 4 is 34.8 Å². The third-order valence-electron chi connectivity index (χ3n) is 6.05. The normalized spacial score (nSPS) is 21.9. The predicted molar refractivity (Wildman–Crippen MR) is 113 cm³/mol. The number of carbonyl (C=O) groups excluding carboxylic acids is 1. The quantitative estimate of drug-likeness (QED) is 0.409. The van der Waals surface area contributed by atoms with E-state index in [1.165, 1.54) is 36.1 Å². The summed E-state index contributed by atoms with van der Waals surface area (Å²) in [7, 11) is 0. The summed E-state index contributed by atoms with van der Waals surface area (Å²) in [6.07, 6.45) is -11.2. The molecule has 0 radical (unpaired) electrons. The van der Waals surface area contributed by atoms with Gasteiger partial charge in [-0.25, -0.2) is 4.39 Å². The molecule has 2 aliphatic heterocycles. The van der Waals surface area contributed by atoms with E-state index >= 15 is 0 Å². The fourth-order valence-corrected chi connectivity index (χ4v) is 4.45. The van der Waals surface area contributed by atoms with Gasteiger partial charge in [0.25, 0.3) is 5.60 Å². The topological polar surface area (TPSA) is 41.9 Å². The maximum absolute atomic E-state index is 15.0. The lowest BCUT2D eigenvalue weighted by Gasteiger charge is -2.44. The van der Waals surface area contributed by atoms with Gasteiger partial charge >= 0.3 is 12.4 Å². The Morgan fingerprint density at radius 3 is 2.14 bits per heavy atom. The summed E-state index contributed by atoms with van der Waals surface area (Å²) >= 11 is 11.3. The van der Waals surface area contributed by atoms with Crippen LogP contribution in [-0.4, -0.2) is 35.8 Å². The Morgan fingerprint density at radius 2 is 1.63 bits per heavy atom. The summed E-state index contributed by atoms with van der Waals surface area (Å²) < 4.78 is 97.6. The van der Waals surface area contributed by atoms with Crippen LogP contribution >= 0.6 is 23.2 Å². The Morgan fingerprint density at radius 1 is 1.03 bits per heavy atom. The second-order valence-electron chi connectivity index (χ2n) is 8.37. The largest absolute Gasteiger partial charge is 0.435 e. The van der Waals surface area contributed by atoms with E-state index in [0.717, 1.165) is 0 Å². The lowest BCUT2D eigenvalue weighted by atomic mass is 9.84. The fraction of sp³-hybridized carbons (Fsp3) is 0.364. The number of amides is 1. The number of halogens is 9. The van der Waals surface area contributed by atoms with E-state index in [1.54, 1.807) is 0 Å². The van der Waals surface area contributed by atoms with E-state index in [4.69, 9.17) is 28.0 Å². The number of rotatable bonds is 3. The van der Waals surface area contributed by atoms with E-state index in [1.807, 2.05) is 0 Å². The number of carbonyl (C=O) groups is 1. The SMILES string of the molecule is CC(=O)N1CC(F)(c2ccc(C3=NOC(c4cc(Cl)c(Cl)c(C(F)(F)F)c4)(C(F)(F)F)C3)cc2)C1. The zero-order valence-corrected chi connectivity index (χ0v) is 19.2. The highest BCUT2D eigenvalue weighted by Gasteiger charge is 2.63. The van der Waals surface area contributed by atoms with E-state index in [-0.39, 0.29) is 41.9 Å². The van der Waals surface area contributed by atoms with Crippen LogP contribution in [-0.2, 0) is 27.1 Å². The second-order valence-corrected chi connectivity index (χ2v) is 9.15. The highest BCUT2D eigenvalue weighted by atomic mass is 35.5. The molecule has 0 saturated carbocycles. The van der Waals surface area contributed by atoms with Crippen LogP contribution in [0.5, 0.6) is 0 Å². The molecule has 0 aromatic heterocycles. The van der Waals surface area contributed by atoms with Gasteiger partial charge in [-0.15, -0.1) is 0 Å². The van der Waals surface area contributed by atoms with E-state index in [9.17, 15) is 35.5 Å². The molecule has 0 N–H and O–H groups in total. The molecule has 0 bridgehead atoms. The number of hydrogen-bond acceptors (Lipinski definition) is 3. The molecule has 0 spiro atoms. The van der Waals surface area contributed by atoms with Gasteiger partial charge in [0.05, 0.1) is 34.4 Å². The van der Waals surface area contributed by atoms with Crippen molar-refractivity contribution in [1.29, 1.82) is 0 Å². The zero-order valence-electron chi connectivity index (χ0n) is 17.7. The number of alkyl halides is 7. The maximum atomic E-state index is 15.0. The molecule has 188 valence electrons. The average molecular weight is 543 g/mol. The lowest BCUT2D eigenvalue weighted by Crippen LogP contribution is -2.58. The summed E-state index contributed by atoms with van der Waals surface area (Å²) in [4.78, 5) is 17.4. The van der Waals surface area contributed by atoms with Crippen LogP contribution in [0.25, 0.3) is 0 Å². The number of oxime groups is 1. The van der Waals surface area contributed by atoms with Gasteiger partial charge in [0.1, 0.15) is 0 Å².